The Hall–Kier alpha value is -1.90. The van der Waals surface area contributed by atoms with Gasteiger partial charge in [-0.2, -0.15) is 10.1 Å². The summed E-state index contributed by atoms with van der Waals surface area (Å²) in [5, 5.41) is 6.02. The zero-order valence-electron chi connectivity index (χ0n) is 17.2. The lowest BCUT2D eigenvalue weighted by molar-refractivity contribution is 0.311. The van der Waals surface area contributed by atoms with Crippen molar-refractivity contribution in [3.8, 4) is 16.3 Å². The van der Waals surface area contributed by atoms with Crippen LogP contribution in [-0.2, 0) is 0 Å². The number of anilines is 1. The predicted molar refractivity (Wildman–Crippen MR) is 120 cm³/mol. The van der Waals surface area contributed by atoms with Crippen molar-refractivity contribution >= 4 is 28.9 Å². The summed E-state index contributed by atoms with van der Waals surface area (Å²) >= 11 is 3.53. The van der Waals surface area contributed by atoms with Crippen molar-refractivity contribution in [3.05, 3.63) is 42.0 Å². The first-order valence-electron chi connectivity index (χ1n) is 9.84. The van der Waals surface area contributed by atoms with Crippen LogP contribution in [0.15, 0.2) is 34.7 Å². The monoisotopic (exact) mass is 431 g/mol. The van der Waals surface area contributed by atoms with Gasteiger partial charge in [0.05, 0.1) is 5.69 Å². The maximum absolute atomic E-state index is 13.7. The second-order valence-electron chi connectivity index (χ2n) is 7.65. The number of nitrogens with zero attached hydrogens (tertiary/aromatic N) is 5. The Morgan fingerprint density at radius 3 is 2.62 bits per heavy atom. The molecule has 1 fully saturated rings. The molecule has 4 rings (SSSR count). The maximum atomic E-state index is 13.7. The molecular formula is C21H26FN5S2. The van der Waals surface area contributed by atoms with E-state index >= 15 is 0 Å². The summed E-state index contributed by atoms with van der Waals surface area (Å²) in [5.41, 5.74) is 2.63. The highest BCUT2D eigenvalue weighted by Gasteiger charge is 2.23. The summed E-state index contributed by atoms with van der Waals surface area (Å²) in [4.78, 5) is 9.71. The van der Waals surface area contributed by atoms with E-state index in [1.165, 1.54) is 10.3 Å². The number of likely N-dealkylation sites (N-methyl/N-ethyl adjacent to an activating group) is 1. The zero-order valence-corrected chi connectivity index (χ0v) is 18.9. The van der Waals surface area contributed by atoms with Crippen molar-refractivity contribution in [1.29, 1.82) is 0 Å². The SMILES string of the molecule is Cc1nn(-c2nc(N3CCN(C)CC3)c(SC(C)C)s2)cc1-c1cccc(F)c1. The van der Waals surface area contributed by atoms with Crippen molar-refractivity contribution in [2.24, 2.45) is 0 Å². The molecule has 0 radical (unpaired) electrons. The zero-order chi connectivity index (χ0) is 20.5. The summed E-state index contributed by atoms with van der Waals surface area (Å²) in [7, 11) is 2.16. The van der Waals surface area contributed by atoms with Crippen LogP contribution < -0.4 is 4.90 Å². The number of aromatic nitrogens is 3. The molecule has 0 atom stereocenters. The van der Waals surface area contributed by atoms with E-state index in [0.717, 1.165) is 53.9 Å². The molecule has 154 valence electrons. The summed E-state index contributed by atoms with van der Waals surface area (Å²) in [5.74, 6) is 0.828. The fourth-order valence-electron chi connectivity index (χ4n) is 3.39. The molecule has 0 aliphatic carbocycles. The Balaban J connectivity index is 1.69. The number of thioether (sulfide) groups is 1. The average molecular weight is 432 g/mol. The van der Waals surface area contributed by atoms with Crippen LogP contribution in [0.25, 0.3) is 16.3 Å². The number of benzene rings is 1. The average Bonchev–Trinajstić information content (AvgIpc) is 3.26. The molecule has 29 heavy (non-hydrogen) atoms. The normalized spacial score (nSPS) is 15.4. The molecule has 0 spiro atoms. The number of aryl methyl sites for hydroxylation is 1. The fourth-order valence-corrected chi connectivity index (χ4v) is 5.84. The van der Waals surface area contributed by atoms with Crippen LogP contribution in [0.4, 0.5) is 10.2 Å². The number of hydrogen-bond donors (Lipinski definition) is 0. The molecule has 3 heterocycles. The lowest BCUT2D eigenvalue weighted by Gasteiger charge is -2.33. The summed E-state index contributed by atoms with van der Waals surface area (Å²) in [6.45, 7) is 10.4. The van der Waals surface area contributed by atoms with Gasteiger partial charge in [-0.1, -0.05) is 37.3 Å². The van der Waals surface area contributed by atoms with Gasteiger partial charge in [0.1, 0.15) is 10.0 Å². The van der Waals surface area contributed by atoms with E-state index in [1.807, 2.05) is 35.6 Å². The van der Waals surface area contributed by atoms with Crippen molar-refractivity contribution in [3.63, 3.8) is 0 Å². The Labute approximate surface area is 179 Å². The number of thiazole rings is 1. The van der Waals surface area contributed by atoms with E-state index in [1.54, 1.807) is 23.5 Å². The van der Waals surface area contributed by atoms with Crippen LogP contribution in [0, 0.1) is 12.7 Å². The number of rotatable bonds is 5. The van der Waals surface area contributed by atoms with Gasteiger partial charge in [0.15, 0.2) is 5.82 Å². The minimum absolute atomic E-state index is 0.239. The lowest BCUT2D eigenvalue weighted by Crippen LogP contribution is -2.44. The molecule has 1 aromatic carbocycles. The molecule has 0 unspecified atom stereocenters. The van der Waals surface area contributed by atoms with E-state index in [-0.39, 0.29) is 5.82 Å². The minimum atomic E-state index is -0.239. The van der Waals surface area contributed by atoms with Crippen LogP contribution in [0.1, 0.15) is 19.5 Å². The minimum Gasteiger partial charge on any atom is -0.352 e. The molecule has 8 heteroatoms. The quantitative estimate of drug-likeness (QED) is 0.548. The third kappa shape index (κ3) is 4.49. The molecule has 0 bridgehead atoms. The fraction of sp³-hybridized carbons (Fsp3) is 0.429. The Kier molecular flexibility index (Phi) is 5.94. The summed E-state index contributed by atoms with van der Waals surface area (Å²) < 4.78 is 16.7. The van der Waals surface area contributed by atoms with Gasteiger partial charge >= 0.3 is 0 Å². The summed E-state index contributed by atoms with van der Waals surface area (Å²) in [6.07, 6.45) is 1.96. The molecule has 1 saturated heterocycles. The smallest absolute Gasteiger partial charge is 0.213 e. The van der Waals surface area contributed by atoms with Gasteiger partial charge in [0, 0.05) is 43.2 Å². The summed E-state index contributed by atoms with van der Waals surface area (Å²) in [6, 6.07) is 6.65. The Morgan fingerprint density at radius 1 is 1.17 bits per heavy atom. The van der Waals surface area contributed by atoms with Gasteiger partial charge in [-0.25, -0.2) is 9.07 Å². The standard InChI is InChI=1S/C21H26FN5S2/c1-14(2)28-20-19(26-10-8-25(4)9-11-26)23-21(29-20)27-13-18(15(3)24-27)16-6-5-7-17(22)12-16/h5-7,12-14H,8-11H2,1-4H3. The molecule has 3 aromatic rings. The Bertz CT molecular complexity index is 989. The molecule has 1 aliphatic heterocycles. The van der Waals surface area contributed by atoms with Gasteiger partial charge in [0.25, 0.3) is 0 Å². The van der Waals surface area contributed by atoms with E-state index in [2.05, 4.69) is 35.8 Å². The van der Waals surface area contributed by atoms with Gasteiger partial charge in [-0.3, -0.25) is 0 Å². The second-order valence-corrected chi connectivity index (χ2v) is 10.5. The Morgan fingerprint density at radius 2 is 1.93 bits per heavy atom. The van der Waals surface area contributed by atoms with Gasteiger partial charge in [-0.15, -0.1) is 11.8 Å². The van der Waals surface area contributed by atoms with Crippen LogP contribution in [0.3, 0.4) is 0 Å². The van der Waals surface area contributed by atoms with Crippen molar-refractivity contribution < 1.29 is 4.39 Å². The molecule has 5 nitrogen and oxygen atoms in total. The van der Waals surface area contributed by atoms with E-state index in [0.29, 0.717) is 5.25 Å². The number of halogens is 1. The van der Waals surface area contributed by atoms with Crippen LogP contribution >= 0.6 is 23.1 Å². The molecule has 0 amide bonds. The molecule has 0 saturated carbocycles. The van der Waals surface area contributed by atoms with Gasteiger partial charge in [-0.05, 0) is 31.7 Å². The highest BCUT2D eigenvalue weighted by molar-refractivity contribution is 8.01. The van der Waals surface area contributed by atoms with Crippen molar-refractivity contribution in [1.82, 2.24) is 19.7 Å². The number of hydrogen-bond acceptors (Lipinski definition) is 6. The highest BCUT2D eigenvalue weighted by atomic mass is 32.2. The number of piperazine rings is 1. The predicted octanol–water partition coefficient (Wildman–Crippen LogP) is 4.70. The first kappa shape index (κ1) is 20.4. The van der Waals surface area contributed by atoms with Gasteiger partial charge < -0.3 is 9.80 Å². The largest absolute Gasteiger partial charge is 0.352 e. The van der Waals surface area contributed by atoms with E-state index < -0.39 is 0 Å². The van der Waals surface area contributed by atoms with Crippen LogP contribution in [-0.4, -0.2) is 58.1 Å². The second kappa shape index (κ2) is 8.45. The first-order chi connectivity index (χ1) is 13.9. The van der Waals surface area contributed by atoms with Crippen molar-refractivity contribution in [2.75, 3.05) is 38.1 Å². The van der Waals surface area contributed by atoms with Crippen LogP contribution in [0.2, 0.25) is 0 Å². The van der Waals surface area contributed by atoms with E-state index in [4.69, 9.17) is 4.98 Å². The first-order valence-corrected chi connectivity index (χ1v) is 11.5. The van der Waals surface area contributed by atoms with Gasteiger partial charge in [0.2, 0.25) is 5.13 Å². The van der Waals surface area contributed by atoms with Crippen molar-refractivity contribution in [2.45, 2.75) is 30.2 Å². The topological polar surface area (TPSA) is 37.2 Å². The third-order valence-electron chi connectivity index (χ3n) is 4.94. The maximum Gasteiger partial charge on any atom is 0.213 e. The van der Waals surface area contributed by atoms with E-state index in [9.17, 15) is 4.39 Å². The molecule has 1 aliphatic rings. The molecular weight excluding hydrogens is 405 g/mol. The molecule has 2 aromatic heterocycles. The van der Waals surface area contributed by atoms with Crippen LogP contribution in [0.5, 0.6) is 0 Å². The lowest BCUT2D eigenvalue weighted by atomic mass is 10.1. The third-order valence-corrected chi connectivity index (χ3v) is 7.18. The molecule has 0 N–H and O–H groups in total. The highest BCUT2D eigenvalue weighted by Crippen LogP contribution is 2.40.